The van der Waals surface area contributed by atoms with Gasteiger partial charge in [-0.05, 0) is 0 Å². The highest BCUT2D eigenvalue weighted by Gasteiger charge is 2.38. The van der Waals surface area contributed by atoms with Crippen molar-refractivity contribution < 1.29 is 19.1 Å². The Kier molecular flexibility index (Phi) is 4.88. The molecule has 0 bridgehead atoms. The van der Waals surface area contributed by atoms with Gasteiger partial charge in [-0.1, -0.05) is 0 Å². The van der Waals surface area contributed by atoms with E-state index in [1.165, 1.54) is 0 Å². The van der Waals surface area contributed by atoms with Gasteiger partial charge in [0.25, 0.3) is 0 Å². The Morgan fingerprint density at radius 2 is 2.18 bits per heavy atom. The summed E-state index contributed by atoms with van der Waals surface area (Å²) in [5, 5.41) is 19.6. The predicted octanol–water partition coefficient (Wildman–Crippen LogP) is 1.39. The molecule has 0 saturated carbocycles. The Balaban J connectivity index is 1.67. The molecule has 0 aromatic carbocycles. The number of aromatic carboxylic acids is 1. The van der Waals surface area contributed by atoms with E-state index in [-0.39, 0.29) is 30.2 Å². The van der Waals surface area contributed by atoms with Gasteiger partial charge in [-0.2, -0.15) is 10.2 Å². The average molecular weight is 304 g/mol. The highest BCUT2D eigenvalue weighted by atomic mass is 16.4. The van der Waals surface area contributed by atoms with E-state index >= 15 is 0 Å². The van der Waals surface area contributed by atoms with Crippen LogP contribution in [0.1, 0.15) is 41.9 Å². The third-order valence-electron chi connectivity index (χ3n) is 3.32. The fraction of sp³-hybridized carbons (Fsp3) is 0.500. The second-order valence-electron chi connectivity index (χ2n) is 4.92. The molecule has 0 saturated heterocycles. The van der Waals surface area contributed by atoms with E-state index in [1.807, 2.05) is 0 Å². The fourth-order valence-electron chi connectivity index (χ4n) is 2.01. The number of hydrogen-bond donors (Lipinski definition) is 2. The molecule has 1 aliphatic heterocycles. The van der Waals surface area contributed by atoms with Gasteiger partial charge in [0.05, 0.1) is 0 Å². The topological polar surface area (TPSA) is 117 Å². The van der Waals surface area contributed by atoms with Gasteiger partial charge in [-0.3, -0.25) is 4.79 Å². The smallest absolute Gasteiger partial charge is 0.358 e. The zero-order chi connectivity index (χ0) is 16.0. The van der Waals surface area contributed by atoms with Gasteiger partial charge < -0.3 is 14.8 Å². The Bertz CT molecular complexity index is 623. The van der Waals surface area contributed by atoms with E-state index in [0.717, 1.165) is 6.39 Å². The van der Waals surface area contributed by atoms with Crippen LogP contribution in [0.2, 0.25) is 0 Å². The monoisotopic (exact) mass is 304 g/mol. The third-order valence-corrected chi connectivity index (χ3v) is 3.32. The number of rotatable bonds is 9. The number of aromatic nitrogens is 1. The van der Waals surface area contributed by atoms with Gasteiger partial charge in [-0.15, -0.1) is 12.3 Å². The van der Waals surface area contributed by atoms with Crippen molar-refractivity contribution in [3.8, 4) is 12.3 Å². The molecule has 2 rings (SSSR count). The van der Waals surface area contributed by atoms with Gasteiger partial charge in [0.2, 0.25) is 5.91 Å². The molecular weight excluding hydrogens is 288 g/mol. The van der Waals surface area contributed by atoms with E-state index in [2.05, 4.69) is 26.4 Å². The number of hydrogen-bond acceptors (Lipinski definition) is 6. The van der Waals surface area contributed by atoms with Crippen LogP contribution in [0.3, 0.4) is 0 Å². The molecule has 2 N–H and O–H groups in total. The first-order valence-corrected chi connectivity index (χ1v) is 6.86. The molecule has 22 heavy (non-hydrogen) atoms. The molecule has 0 unspecified atom stereocenters. The summed E-state index contributed by atoms with van der Waals surface area (Å²) in [5.74, 6) is 1.37. The number of nitrogens with one attached hydrogen (secondary N) is 1. The van der Waals surface area contributed by atoms with Crippen LogP contribution in [0.15, 0.2) is 21.0 Å². The lowest BCUT2D eigenvalue weighted by atomic mass is 10.0. The van der Waals surface area contributed by atoms with Crippen molar-refractivity contribution in [2.24, 2.45) is 10.2 Å². The van der Waals surface area contributed by atoms with Crippen molar-refractivity contribution in [3.05, 3.63) is 17.8 Å². The molecule has 1 aliphatic rings. The molecule has 8 nitrogen and oxygen atoms in total. The summed E-state index contributed by atoms with van der Waals surface area (Å²) in [6, 6.07) is 0. The van der Waals surface area contributed by atoms with Gasteiger partial charge >= 0.3 is 5.97 Å². The average Bonchev–Trinajstić information content (AvgIpc) is 3.09. The summed E-state index contributed by atoms with van der Waals surface area (Å²) in [7, 11) is 0. The zero-order valence-corrected chi connectivity index (χ0v) is 11.9. The van der Waals surface area contributed by atoms with Crippen LogP contribution in [-0.4, -0.2) is 34.2 Å². The van der Waals surface area contributed by atoms with Crippen molar-refractivity contribution in [1.82, 2.24) is 10.3 Å². The van der Waals surface area contributed by atoms with Crippen LogP contribution in [0, 0.1) is 12.3 Å². The van der Waals surface area contributed by atoms with Gasteiger partial charge in [0, 0.05) is 38.6 Å². The quantitative estimate of drug-likeness (QED) is 0.668. The third kappa shape index (κ3) is 4.15. The second-order valence-corrected chi connectivity index (χ2v) is 4.92. The molecule has 0 fully saturated rings. The summed E-state index contributed by atoms with van der Waals surface area (Å²) >= 11 is 0. The van der Waals surface area contributed by atoms with Gasteiger partial charge in [0.1, 0.15) is 5.76 Å². The van der Waals surface area contributed by atoms with E-state index in [0.29, 0.717) is 25.8 Å². The standard InChI is InChI=1S/C14H16N4O4/c1-2-3-6-14(17-18-14)7-8-15-11(19)5-4-10-12(13(20)21)16-9-22-10/h1,9H,3-8H2,(H,15,19)(H,20,21). The Hall–Kier alpha value is -2.69. The lowest BCUT2D eigenvalue weighted by Crippen LogP contribution is -2.28. The first-order chi connectivity index (χ1) is 10.6. The maximum atomic E-state index is 11.7. The Morgan fingerprint density at radius 1 is 1.41 bits per heavy atom. The fourth-order valence-corrected chi connectivity index (χ4v) is 2.01. The van der Waals surface area contributed by atoms with Crippen LogP contribution in [0.25, 0.3) is 0 Å². The van der Waals surface area contributed by atoms with Crippen molar-refractivity contribution in [2.45, 2.75) is 37.8 Å². The molecule has 0 aliphatic carbocycles. The molecule has 8 heteroatoms. The summed E-state index contributed by atoms with van der Waals surface area (Å²) in [6.45, 7) is 0.443. The lowest BCUT2D eigenvalue weighted by molar-refractivity contribution is -0.121. The van der Waals surface area contributed by atoms with Gasteiger partial charge in [0.15, 0.2) is 17.8 Å². The summed E-state index contributed by atoms with van der Waals surface area (Å²) in [4.78, 5) is 26.2. The number of carbonyl (C=O) groups is 2. The molecule has 0 atom stereocenters. The minimum atomic E-state index is -1.17. The summed E-state index contributed by atoms with van der Waals surface area (Å²) < 4.78 is 4.97. The molecule has 2 heterocycles. The SMILES string of the molecule is C#CCCC1(CCNC(=O)CCc2ocnc2C(=O)O)N=N1. The van der Waals surface area contributed by atoms with Gasteiger partial charge in [-0.25, -0.2) is 9.78 Å². The van der Waals surface area contributed by atoms with Crippen LogP contribution in [0.5, 0.6) is 0 Å². The number of terminal acetylenes is 1. The molecule has 116 valence electrons. The molecular formula is C14H16N4O4. The number of aryl methyl sites for hydroxylation is 1. The van der Waals surface area contributed by atoms with Crippen LogP contribution in [0.4, 0.5) is 0 Å². The highest BCUT2D eigenvalue weighted by molar-refractivity contribution is 5.86. The minimum absolute atomic E-state index is 0.126. The number of carbonyl (C=O) groups excluding carboxylic acids is 1. The maximum absolute atomic E-state index is 11.7. The maximum Gasteiger partial charge on any atom is 0.358 e. The molecule has 0 radical (unpaired) electrons. The summed E-state index contributed by atoms with van der Waals surface area (Å²) in [5.41, 5.74) is -0.572. The van der Waals surface area contributed by atoms with E-state index in [4.69, 9.17) is 15.9 Å². The van der Waals surface area contributed by atoms with E-state index in [1.54, 1.807) is 0 Å². The highest BCUT2D eigenvalue weighted by Crippen LogP contribution is 2.35. The molecule has 1 amide bonds. The predicted molar refractivity (Wildman–Crippen MR) is 75.1 cm³/mol. The van der Waals surface area contributed by atoms with Crippen molar-refractivity contribution in [1.29, 1.82) is 0 Å². The molecule has 1 aromatic rings. The Labute approximate surface area is 127 Å². The molecule has 1 aromatic heterocycles. The number of oxazole rings is 1. The normalized spacial score (nSPS) is 14.3. The summed E-state index contributed by atoms with van der Waals surface area (Å²) in [6.07, 6.45) is 8.48. The van der Waals surface area contributed by atoms with Crippen LogP contribution >= 0.6 is 0 Å². The van der Waals surface area contributed by atoms with Crippen LogP contribution < -0.4 is 5.32 Å². The largest absolute Gasteiger partial charge is 0.476 e. The van der Waals surface area contributed by atoms with Crippen LogP contribution in [-0.2, 0) is 11.2 Å². The lowest BCUT2D eigenvalue weighted by Gasteiger charge is -2.09. The second kappa shape index (κ2) is 6.85. The minimum Gasteiger partial charge on any atom is -0.476 e. The van der Waals surface area contributed by atoms with E-state index in [9.17, 15) is 9.59 Å². The first-order valence-electron chi connectivity index (χ1n) is 6.86. The molecule has 0 spiro atoms. The number of nitrogens with zero attached hydrogens (tertiary/aromatic N) is 3. The Morgan fingerprint density at radius 3 is 2.82 bits per heavy atom. The van der Waals surface area contributed by atoms with E-state index < -0.39 is 11.6 Å². The van der Waals surface area contributed by atoms with Crippen molar-refractivity contribution in [3.63, 3.8) is 0 Å². The number of carboxylic acids is 1. The van der Waals surface area contributed by atoms with Crippen molar-refractivity contribution >= 4 is 11.9 Å². The van der Waals surface area contributed by atoms with Crippen molar-refractivity contribution in [2.75, 3.05) is 6.54 Å². The number of amides is 1. The zero-order valence-electron chi connectivity index (χ0n) is 11.9. The first kappa shape index (κ1) is 15.7. The number of carboxylic acid groups (broad SMARTS) is 1.